The van der Waals surface area contributed by atoms with Gasteiger partial charge in [-0.1, -0.05) is 38.6 Å². The van der Waals surface area contributed by atoms with E-state index in [0.717, 1.165) is 0 Å². The summed E-state index contributed by atoms with van der Waals surface area (Å²) in [5.74, 6) is -0.915. The molecule has 2 rings (SSSR count). The molecule has 0 fully saturated rings. The number of carbonyl (C=O) groups excluding carboxylic acids is 1. The van der Waals surface area contributed by atoms with Gasteiger partial charge in [0.1, 0.15) is 5.82 Å². The van der Waals surface area contributed by atoms with Crippen LogP contribution >= 0.6 is 0 Å². The van der Waals surface area contributed by atoms with E-state index in [2.05, 4.69) is 11.9 Å². The van der Waals surface area contributed by atoms with Gasteiger partial charge < -0.3 is 5.32 Å². The number of benzene rings is 2. The summed E-state index contributed by atoms with van der Waals surface area (Å²) in [6.07, 6.45) is 0.655. The van der Waals surface area contributed by atoms with Crippen LogP contribution < -0.4 is 5.32 Å². The quantitative estimate of drug-likeness (QED) is 0.606. The highest BCUT2D eigenvalue weighted by atomic mass is 19.1. The summed E-state index contributed by atoms with van der Waals surface area (Å²) in [6, 6.07) is 10.1. The van der Waals surface area contributed by atoms with Crippen molar-refractivity contribution in [2.24, 2.45) is 5.92 Å². The molecule has 2 aromatic carbocycles. The molecule has 1 unspecified atom stereocenters. The van der Waals surface area contributed by atoms with Crippen molar-refractivity contribution in [3.8, 4) is 0 Å². The third-order valence-electron chi connectivity index (χ3n) is 4.06. The van der Waals surface area contributed by atoms with E-state index in [4.69, 9.17) is 0 Å². The van der Waals surface area contributed by atoms with Crippen LogP contribution in [0.3, 0.4) is 0 Å². The lowest BCUT2D eigenvalue weighted by Gasteiger charge is -2.16. The van der Waals surface area contributed by atoms with E-state index in [1.807, 2.05) is 6.92 Å². The normalized spacial score (nSPS) is 11.6. The van der Waals surface area contributed by atoms with E-state index < -0.39 is 10.7 Å². The number of hydrogen-bond acceptors (Lipinski definition) is 3. The minimum absolute atomic E-state index is 0.158. The molecule has 0 radical (unpaired) electrons. The maximum absolute atomic E-state index is 14.1. The molecule has 130 valence electrons. The Morgan fingerprint density at radius 3 is 2.56 bits per heavy atom. The summed E-state index contributed by atoms with van der Waals surface area (Å²) < 4.78 is 14.1. The molecular weight excluding hydrogens is 323 g/mol. The van der Waals surface area contributed by atoms with Crippen LogP contribution in [0.15, 0.2) is 49.0 Å². The second-order valence-electron chi connectivity index (χ2n) is 5.74. The lowest BCUT2D eigenvalue weighted by atomic mass is 9.96. The Kier molecular flexibility index (Phi) is 5.64. The third-order valence-corrected chi connectivity index (χ3v) is 4.06. The van der Waals surface area contributed by atoms with Crippen LogP contribution in [-0.2, 0) is 4.79 Å². The molecule has 0 aromatic heterocycles. The summed E-state index contributed by atoms with van der Waals surface area (Å²) in [5.41, 5.74) is 1.01. The van der Waals surface area contributed by atoms with E-state index in [1.165, 1.54) is 30.3 Å². The third kappa shape index (κ3) is 4.09. The number of amides is 1. The van der Waals surface area contributed by atoms with Gasteiger partial charge >= 0.3 is 0 Å². The number of nitro groups is 1. The predicted molar refractivity (Wildman–Crippen MR) is 95.7 cm³/mol. The zero-order chi connectivity index (χ0) is 18.6. The van der Waals surface area contributed by atoms with E-state index in [1.54, 1.807) is 19.1 Å². The fourth-order valence-electron chi connectivity index (χ4n) is 2.30. The Hall–Kier alpha value is -3.02. The van der Waals surface area contributed by atoms with Crippen LogP contribution in [-0.4, -0.2) is 10.8 Å². The van der Waals surface area contributed by atoms with Gasteiger partial charge in [0.2, 0.25) is 5.91 Å². The zero-order valence-electron chi connectivity index (χ0n) is 14.1. The molecule has 0 aliphatic carbocycles. The van der Waals surface area contributed by atoms with Crippen LogP contribution in [0.1, 0.15) is 31.4 Å². The Balaban J connectivity index is 2.51. The molecule has 0 saturated heterocycles. The van der Waals surface area contributed by atoms with Crippen molar-refractivity contribution in [3.05, 3.63) is 76.1 Å². The number of rotatable bonds is 6. The van der Waals surface area contributed by atoms with Crippen molar-refractivity contribution in [2.45, 2.75) is 20.3 Å². The molecule has 0 heterocycles. The van der Waals surface area contributed by atoms with Crippen molar-refractivity contribution in [2.75, 3.05) is 5.32 Å². The van der Waals surface area contributed by atoms with Crippen LogP contribution in [0.4, 0.5) is 15.8 Å². The fraction of sp³-hybridized carbons (Fsp3) is 0.211. The Bertz CT molecular complexity index is 833. The van der Waals surface area contributed by atoms with E-state index in [-0.39, 0.29) is 28.6 Å². The largest absolute Gasteiger partial charge is 0.325 e. The Morgan fingerprint density at radius 2 is 1.96 bits per heavy atom. The molecule has 6 heteroatoms. The van der Waals surface area contributed by atoms with Gasteiger partial charge in [-0.2, -0.15) is 0 Å². The monoisotopic (exact) mass is 342 g/mol. The summed E-state index contributed by atoms with van der Waals surface area (Å²) in [6.45, 7) is 7.55. The Morgan fingerprint density at radius 1 is 1.28 bits per heavy atom. The molecular formula is C19H19FN2O3. The van der Waals surface area contributed by atoms with Gasteiger partial charge in [-0.3, -0.25) is 14.9 Å². The summed E-state index contributed by atoms with van der Waals surface area (Å²) in [4.78, 5) is 22.7. The molecule has 5 nitrogen and oxygen atoms in total. The molecule has 0 aliphatic rings. The first kappa shape index (κ1) is 18.3. The maximum atomic E-state index is 14.1. The zero-order valence-corrected chi connectivity index (χ0v) is 14.1. The first-order chi connectivity index (χ1) is 11.8. The number of hydrogen-bond donors (Lipinski definition) is 1. The molecule has 1 atom stereocenters. The minimum Gasteiger partial charge on any atom is -0.325 e. The predicted octanol–water partition coefficient (Wildman–Crippen LogP) is 4.78. The van der Waals surface area contributed by atoms with Gasteiger partial charge in [0.15, 0.2) is 0 Å². The van der Waals surface area contributed by atoms with Gasteiger partial charge in [0.05, 0.1) is 4.92 Å². The van der Waals surface area contributed by atoms with Crippen molar-refractivity contribution in [1.82, 2.24) is 0 Å². The molecule has 0 spiro atoms. The number of non-ortho nitro benzene ring substituents is 1. The average Bonchev–Trinajstić information content (AvgIpc) is 2.60. The molecule has 0 aliphatic heterocycles. The highest BCUT2D eigenvalue weighted by Crippen LogP contribution is 2.33. The van der Waals surface area contributed by atoms with Crippen LogP contribution in [0.2, 0.25) is 0 Å². The van der Waals surface area contributed by atoms with Crippen molar-refractivity contribution >= 4 is 22.9 Å². The van der Waals surface area contributed by atoms with Gasteiger partial charge in [-0.25, -0.2) is 4.39 Å². The number of anilines is 1. The second-order valence-corrected chi connectivity index (χ2v) is 5.74. The number of carbonyl (C=O) groups is 1. The average molecular weight is 342 g/mol. The van der Waals surface area contributed by atoms with Crippen LogP contribution in [0, 0.1) is 21.8 Å². The summed E-state index contributed by atoms with van der Waals surface area (Å²) in [7, 11) is 0. The van der Waals surface area contributed by atoms with Crippen molar-refractivity contribution in [3.63, 3.8) is 0 Å². The number of nitrogens with zero attached hydrogens (tertiary/aromatic N) is 1. The molecule has 1 amide bonds. The number of nitro benzene ring substituents is 1. The maximum Gasteiger partial charge on any atom is 0.270 e. The van der Waals surface area contributed by atoms with Gasteiger partial charge in [0.25, 0.3) is 5.69 Å². The first-order valence-electron chi connectivity index (χ1n) is 7.88. The van der Waals surface area contributed by atoms with Crippen LogP contribution in [0.25, 0.3) is 5.57 Å². The summed E-state index contributed by atoms with van der Waals surface area (Å²) >= 11 is 0. The lowest BCUT2D eigenvalue weighted by molar-refractivity contribution is -0.384. The summed E-state index contributed by atoms with van der Waals surface area (Å²) in [5, 5.41) is 13.8. The van der Waals surface area contributed by atoms with Gasteiger partial charge in [-0.15, -0.1) is 0 Å². The molecule has 25 heavy (non-hydrogen) atoms. The highest BCUT2D eigenvalue weighted by Gasteiger charge is 2.19. The van der Waals surface area contributed by atoms with Crippen molar-refractivity contribution < 1.29 is 14.1 Å². The molecule has 2 aromatic rings. The molecule has 0 bridgehead atoms. The molecule has 1 N–H and O–H groups in total. The fourth-order valence-corrected chi connectivity index (χ4v) is 2.30. The smallest absolute Gasteiger partial charge is 0.270 e. The molecule has 0 saturated carbocycles. The second kappa shape index (κ2) is 7.70. The topological polar surface area (TPSA) is 72.2 Å². The van der Waals surface area contributed by atoms with Gasteiger partial charge in [-0.05, 0) is 24.1 Å². The van der Waals surface area contributed by atoms with E-state index in [9.17, 15) is 19.3 Å². The first-order valence-corrected chi connectivity index (χ1v) is 7.88. The van der Waals surface area contributed by atoms with Crippen LogP contribution in [0.5, 0.6) is 0 Å². The SMILES string of the molecule is C=C(c1ccccc1F)c1cc([N+](=O)[O-])ccc1NC(=O)C(C)CC. The van der Waals surface area contributed by atoms with Gasteiger partial charge in [0, 0.05) is 34.9 Å². The minimum atomic E-state index is -0.543. The number of nitrogens with one attached hydrogen (secondary N) is 1. The van der Waals surface area contributed by atoms with E-state index >= 15 is 0 Å². The number of halogens is 1. The standard InChI is InChI=1S/C19H19FN2O3/c1-4-12(2)19(23)21-18-10-9-14(22(24)25)11-16(18)13(3)15-7-5-6-8-17(15)20/h5-12H,3-4H2,1-2H3,(H,21,23). The Labute approximate surface area is 145 Å². The lowest BCUT2D eigenvalue weighted by Crippen LogP contribution is -2.20. The highest BCUT2D eigenvalue weighted by molar-refractivity contribution is 5.97. The van der Waals surface area contributed by atoms with Crippen molar-refractivity contribution in [1.29, 1.82) is 0 Å². The van der Waals surface area contributed by atoms with E-state index in [0.29, 0.717) is 17.7 Å².